The molecule has 1 aromatic carbocycles. The molecule has 0 amide bonds. The molecule has 1 unspecified atom stereocenters. The van der Waals surface area contributed by atoms with Gasteiger partial charge >= 0.3 is 0 Å². The van der Waals surface area contributed by atoms with Crippen molar-refractivity contribution in [2.75, 3.05) is 0 Å². The zero-order valence-corrected chi connectivity index (χ0v) is 12.6. The van der Waals surface area contributed by atoms with Gasteiger partial charge in [-0.1, -0.05) is 23.5 Å². The Labute approximate surface area is 134 Å². The number of hydrogen-bond donors (Lipinski definition) is 1. The van der Waals surface area contributed by atoms with E-state index in [-0.39, 0.29) is 16.2 Å². The molecule has 112 valence electrons. The van der Waals surface area contributed by atoms with Crippen molar-refractivity contribution < 1.29 is 9.15 Å². The van der Waals surface area contributed by atoms with E-state index in [0.29, 0.717) is 17.1 Å². The van der Waals surface area contributed by atoms with Crippen molar-refractivity contribution >= 4 is 21.4 Å². The van der Waals surface area contributed by atoms with Crippen molar-refractivity contribution in [2.45, 2.75) is 5.92 Å². The standard InChI is InChI=1S/C17H10N2O3S/c18-8-10-13(11-5-3-7-21-11)14-15(22-16(10)19)9-4-1-2-6-12(9)23-17(14)20/h1-7,13H,19H2. The number of nitrogens with zero attached hydrogens (tertiary/aromatic N) is 1. The van der Waals surface area contributed by atoms with Gasteiger partial charge in [0.25, 0.3) is 0 Å². The van der Waals surface area contributed by atoms with Crippen molar-refractivity contribution in [3.63, 3.8) is 0 Å². The SMILES string of the molecule is N#CC1=C(N)Oc2c(c(=O)sc3ccccc23)C1c1ccco1. The summed E-state index contributed by atoms with van der Waals surface area (Å²) in [5, 5.41) is 10.2. The van der Waals surface area contributed by atoms with Crippen LogP contribution in [0.3, 0.4) is 0 Å². The molecule has 5 nitrogen and oxygen atoms in total. The highest BCUT2D eigenvalue weighted by atomic mass is 32.1. The molecule has 0 aliphatic carbocycles. The van der Waals surface area contributed by atoms with E-state index in [2.05, 4.69) is 0 Å². The van der Waals surface area contributed by atoms with Crippen molar-refractivity contribution in [3.05, 3.63) is 75.0 Å². The molecule has 0 radical (unpaired) electrons. The Hall–Kier alpha value is -3.04. The average Bonchev–Trinajstić information content (AvgIpc) is 3.08. The van der Waals surface area contributed by atoms with Crippen molar-refractivity contribution in [1.29, 1.82) is 5.26 Å². The number of allylic oxidation sites excluding steroid dienone is 1. The number of fused-ring (bicyclic) bond motifs is 3. The third-order valence-electron chi connectivity index (χ3n) is 3.80. The summed E-state index contributed by atoms with van der Waals surface area (Å²) >= 11 is 1.12. The van der Waals surface area contributed by atoms with Crippen LogP contribution in [0.1, 0.15) is 17.2 Å². The molecule has 6 heteroatoms. The molecule has 4 rings (SSSR count). The third kappa shape index (κ3) is 1.94. The summed E-state index contributed by atoms with van der Waals surface area (Å²) in [5.41, 5.74) is 6.52. The van der Waals surface area contributed by atoms with Gasteiger partial charge < -0.3 is 14.9 Å². The van der Waals surface area contributed by atoms with Crippen molar-refractivity contribution in [2.24, 2.45) is 5.73 Å². The summed E-state index contributed by atoms with van der Waals surface area (Å²) in [6, 6.07) is 12.9. The van der Waals surface area contributed by atoms with Crippen molar-refractivity contribution in [3.8, 4) is 11.8 Å². The monoisotopic (exact) mass is 322 g/mol. The summed E-state index contributed by atoms with van der Waals surface area (Å²) in [7, 11) is 0. The number of rotatable bonds is 1. The number of nitrogens with two attached hydrogens (primary N) is 1. The molecule has 0 fully saturated rings. The number of ether oxygens (including phenoxy) is 1. The van der Waals surface area contributed by atoms with Gasteiger partial charge in [-0.25, -0.2) is 0 Å². The van der Waals surface area contributed by atoms with Crippen molar-refractivity contribution in [1.82, 2.24) is 0 Å². The molecule has 1 atom stereocenters. The highest BCUT2D eigenvalue weighted by Gasteiger charge is 2.36. The third-order valence-corrected chi connectivity index (χ3v) is 4.78. The molecular weight excluding hydrogens is 312 g/mol. The molecule has 2 aromatic heterocycles. The minimum atomic E-state index is -0.646. The Morgan fingerprint density at radius 1 is 1.22 bits per heavy atom. The lowest BCUT2D eigenvalue weighted by Gasteiger charge is -2.24. The highest BCUT2D eigenvalue weighted by molar-refractivity contribution is 7.16. The van der Waals surface area contributed by atoms with E-state index in [1.807, 2.05) is 30.3 Å². The lowest BCUT2D eigenvalue weighted by atomic mass is 9.88. The van der Waals surface area contributed by atoms with Crippen LogP contribution in [0.25, 0.3) is 10.1 Å². The molecule has 0 bridgehead atoms. The summed E-state index contributed by atoms with van der Waals surface area (Å²) in [6.45, 7) is 0. The summed E-state index contributed by atoms with van der Waals surface area (Å²) in [6.07, 6.45) is 1.50. The van der Waals surface area contributed by atoms with E-state index in [1.165, 1.54) is 6.26 Å². The number of furan rings is 1. The predicted molar refractivity (Wildman–Crippen MR) is 86.1 cm³/mol. The fraction of sp³-hybridized carbons (Fsp3) is 0.0588. The molecule has 23 heavy (non-hydrogen) atoms. The second-order valence-electron chi connectivity index (χ2n) is 5.07. The Bertz CT molecular complexity index is 1040. The van der Waals surface area contributed by atoms with E-state index >= 15 is 0 Å². The first-order chi connectivity index (χ1) is 11.2. The van der Waals surface area contributed by atoms with Gasteiger partial charge in [-0.3, -0.25) is 4.79 Å². The number of benzene rings is 1. The number of nitriles is 1. The molecule has 3 heterocycles. The van der Waals surface area contributed by atoms with Gasteiger partial charge in [-0.05, 0) is 24.3 Å². The van der Waals surface area contributed by atoms with Crippen LogP contribution in [0.2, 0.25) is 0 Å². The molecule has 0 spiro atoms. The van der Waals surface area contributed by atoms with Crippen LogP contribution >= 0.6 is 11.3 Å². The summed E-state index contributed by atoms with van der Waals surface area (Å²) in [5.74, 6) is 0.255. The largest absolute Gasteiger partial charge is 0.468 e. The number of hydrogen-bond acceptors (Lipinski definition) is 6. The van der Waals surface area contributed by atoms with Crippen LogP contribution in [-0.2, 0) is 0 Å². The Kier molecular flexibility index (Phi) is 2.96. The maximum Gasteiger partial charge on any atom is 0.240 e. The maximum absolute atomic E-state index is 12.7. The lowest BCUT2D eigenvalue weighted by Crippen LogP contribution is -2.25. The zero-order valence-electron chi connectivity index (χ0n) is 11.8. The molecule has 2 N–H and O–H groups in total. The van der Waals surface area contributed by atoms with Gasteiger partial charge in [0, 0.05) is 10.1 Å². The van der Waals surface area contributed by atoms with E-state index in [1.54, 1.807) is 12.1 Å². The van der Waals surface area contributed by atoms with Gasteiger partial charge in [0.2, 0.25) is 10.6 Å². The first-order valence-electron chi connectivity index (χ1n) is 6.87. The van der Waals surface area contributed by atoms with Gasteiger partial charge in [-0.15, -0.1) is 0 Å². The second-order valence-corrected chi connectivity index (χ2v) is 6.08. The van der Waals surface area contributed by atoms with E-state index < -0.39 is 5.92 Å². The Morgan fingerprint density at radius 3 is 2.78 bits per heavy atom. The van der Waals surface area contributed by atoms with E-state index in [0.717, 1.165) is 21.4 Å². The van der Waals surface area contributed by atoms with Gasteiger partial charge in [0.1, 0.15) is 23.2 Å². The predicted octanol–water partition coefficient (Wildman–Crippen LogP) is 3.07. The molecular formula is C17H10N2O3S. The zero-order chi connectivity index (χ0) is 16.0. The summed E-state index contributed by atoms with van der Waals surface area (Å²) < 4.78 is 11.7. The normalized spacial score (nSPS) is 16.7. The fourth-order valence-electron chi connectivity index (χ4n) is 2.81. The van der Waals surface area contributed by atoms with Crippen LogP contribution < -0.4 is 15.2 Å². The van der Waals surface area contributed by atoms with Gasteiger partial charge in [-0.2, -0.15) is 5.26 Å². The fourth-order valence-corrected chi connectivity index (χ4v) is 3.74. The van der Waals surface area contributed by atoms with Crippen LogP contribution in [0.15, 0.2) is 63.3 Å². The minimum absolute atomic E-state index is 0.00199. The van der Waals surface area contributed by atoms with Crippen LogP contribution in [0, 0.1) is 11.3 Å². The highest BCUT2D eigenvalue weighted by Crippen LogP contribution is 2.44. The van der Waals surface area contributed by atoms with Gasteiger partial charge in [0.15, 0.2) is 0 Å². The molecule has 1 aliphatic rings. The maximum atomic E-state index is 12.7. The quantitative estimate of drug-likeness (QED) is 0.743. The van der Waals surface area contributed by atoms with Crippen LogP contribution in [-0.4, -0.2) is 0 Å². The van der Waals surface area contributed by atoms with Gasteiger partial charge in [0.05, 0.1) is 17.7 Å². The topological polar surface area (TPSA) is 89.3 Å². The first kappa shape index (κ1) is 13.6. The summed E-state index contributed by atoms with van der Waals surface area (Å²) in [4.78, 5) is 12.7. The average molecular weight is 322 g/mol. The molecule has 3 aromatic rings. The second kappa shape index (κ2) is 5.00. The van der Waals surface area contributed by atoms with Crippen LogP contribution in [0.5, 0.6) is 5.75 Å². The minimum Gasteiger partial charge on any atom is -0.468 e. The molecule has 1 aliphatic heterocycles. The van der Waals surface area contributed by atoms with E-state index in [4.69, 9.17) is 14.9 Å². The molecule has 0 saturated heterocycles. The smallest absolute Gasteiger partial charge is 0.240 e. The van der Waals surface area contributed by atoms with Crippen LogP contribution in [0.4, 0.5) is 0 Å². The Balaban J connectivity index is 2.11. The van der Waals surface area contributed by atoms with E-state index in [9.17, 15) is 10.1 Å². The lowest BCUT2D eigenvalue weighted by molar-refractivity contribution is 0.388. The molecule has 0 saturated carbocycles. The first-order valence-corrected chi connectivity index (χ1v) is 7.69. The Morgan fingerprint density at radius 2 is 2.04 bits per heavy atom.